The highest BCUT2D eigenvalue weighted by molar-refractivity contribution is 7.80. The third kappa shape index (κ3) is 2.49. The molecule has 0 aliphatic carbocycles. The van der Waals surface area contributed by atoms with Crippen molar-refractivity contribution in [1.29, 1.82) is 0 Å². The van der Waals surface area contributed by atoms with E-state index in [2.05, 4.69) is 10.6 Å². The van der Waals surface area contributed by atoms with E-state index in [1.165, 1.54) is 0 Å². The number of benzene rings is 1. The molecule has 2 rings (SSSR count). The van der Waals surface area contributed by atoms with E-state index in [1.54, 1.807) is 0 Å². The first-order chi connectivity index (χ1) is 7.65. The van der Waals surface area contributed by atoms with Crippen molar-refractivity contribution in [3.8, 4) is 0 Å². The molecule has 5 heteroatoms. The number of hydrogen-bond donors (Lipinski definition) is 3. The third-order valence-electron chi connectivity index (χ3n) is 2.52. The second kappa shape index (κ2) is 4.49. The molecule has 1 aliphatic heterocycles. The lowest BCUT2D eigenvalue weighted by Crippen LogP contribution is -2.36. The molecule has 1 amide bonds. The first kappa shape index (κ1) is 10.9. The summed E-state index contributed by atoms with van der Waals surface area (Å²) in [7, 11) is 0. The maximum atomic E-state index is 10.6. The lowest BCUT2D eigenvalue weighted by atomic mass is 10.0. The molecule has 0 saturated heterocycles. The maximum Gasteiger partial charge on any atom is 0.404 e. The number of fused-ring (bicyclic) bond motifs is 1. The summed E-state index contributed by atoms with van der Waals surface area (Å²) in [6, 6.07) is 7.64. The van der Waals surface area contributed by atoms with Crippen LogP contribution in [0.15, 0.2) is 24.3 Å². The topological polar surface area (TPSA) is 61.4 Å². The van der Waals surface area contributed by atoms with Gasteiger partial charge >= 0.3 is 6.09 Å². The van der Waals surface area contributed by atoms with Gasteiger partial charge in [0.2, 0.25) is 0 Å². The van der Waals surface area contributed by atoms with Crippen molar-refractivity contribution >= 4 is 29.0 Å². The molecular weight excluding hydrogens is 224 g/mol. The summed E-state index contributed by atoms with van der Waals surface area (Å²) in [4.78, 5) is 11.3. The molecule has 0 bridgehead atoms. The van der Waals surface area contributed by atoms with Crippen LogP contribution in [0.2, 0.25) is 0 Å². The fourth-order valence-electron chi connectivity index (χ4n) is 1.86. The van der Waals surface area contributed by atoms with Gasteiger partial charge < -0.3 is 15.7 Å². The molecule has 84 valence electrons. The van der Waals surface area contributed by atoms with Gasteiger partial charge in [-0.1, -0.05) is 30.4 Å². The Hall–Kier alpha value is -1.62. The predicted octanol–water partition coefficient (Wildman–Crippen LogP) is 2.01. The summed E-state index contributed by atoms with van der Waals surface area (Å²) in [5.74, 6) is 0. The van der Waals surface area contributed by atoms with Crippen molar-refractivity contribution in [1.82, 2.24) is 5.32 Å². The molecule has 0 spiro atoms. The molecular formula is C11H12N2O2S. The lowest BCUT2D eigenvalue weighted by molar-refractivity contribution is 0.190. The van der Waals surface area contributed by atoms with Crippen LogP contribution in [0.3, 0.4) is 0 Å². The van der Waals surface area contributed by atoms with Crippen molar-refractivity contribution in [2.75, 3.05) is 5.32 Å². The monoisotopic (exact) mass is 236 g/mol. The van der Waals surface area contributed by atoms with Crippen LogP contribution in [0.1, 0.15) is 12.0 Å². The number of rotatable bonds is 1. The number of carboxylic acid groups (broad SMARTS) is 1. The van der Waals surface area contributed by atoms with E-state index < -0.39 is 6.09 Å². The minimum Gasteiger partial charge on any atom is -0.465 e. The second-order valence-corrected chi connectivity index (χ2v) is 4.25. The number of thiocarbonyl (C=S) groups is 1. The zero-order chi connectivity index (χ0) is 11.5. The van der Waals surface area contributed by atoms with Gasteiger partial charge in [0.1, 0.15) is 0 Å². The molecule has 1 heterocycles. The first-order valence-electron chi connectivity index (χ1n) is 5.02. The predicted molar refractivity (Wildman–Crippen MR) is 65.9 cm³/mol. The summed E-state index contributed by atoms with van der Waals surface area (Å²) in [6.45, 7) is 0. The zero-order valence-electron chi connectivity index (χ0n) is 8.56. The molecule has 1 aromatic rings. The summed E-state index contributed by atoms with van der Waals surface area (Å²) < 4.78 is 0. The highest BCUT2D eigenvalue weighted by atomic mass is 32.1. The Labute approximate surface area is 98.7 Å². The number of carbonyl (C=O) groups is 1. The van der Waals surface area contributed by atoms with Crippen LogP contribution in [0.4, 0.5) is 10.5 Å². The van der Waals surface area contributed by atoms with E-state index in [9.17, 15) is 4.79 Å². The quantitative estimate of drug-likeness (QED) is 0.653. The second-order valence-electron chi connectivity index (χ2n) is 3.76. The summed E-state index contributed by atoms with van der Waals surface area (Å²) >= 11 is 5.15. The average Bonchev–Trinajstić information content (AvgIpc) is 2.33. The minimum absolute atomic E-state index is 0.152. The van der Waals surface area contributed by atoms with Crippen molar-refractivity contribution < 1.29 is 9.90 Å². The van der Waals surface area contributed by atoms with Crippen LogP contribution in [0.5, 0.6) is 0 Å². The summed E-state index contributed by atoms with van der Waals surface area (Å²) in [5.41, 5.74) is 2.06. The molecule has 0 aromatic heterocycles. The summed E-state index contributed by atoms with van der Waals surface area (Å²) in [5, 5.41) is 14.3. The van der Waals surface area contributed by atoms with Crippen LogP contribution in [-0.4, -0.2) is 22.2 Å². The van der Waals surface area contributed by atoms with Gasteiger partial charge in [-0.05, 0) is 18.1 Å². The van der Waals surface area contributed by atoms with Gasteiger partial charge in [0.05, 0.1) is 4.99 Å². The van der Waals surface area contributed by atoms with Crippen molar-refractivity contribution in [3.05, 3.63) is 29.8 Å². The van der Waals surface area contributed by atoms with Gasteiger partial charge in [-0.2, -0.15) is 0 Å². The van der Waals surface area contributed by atoms with Crippen LogP contribution in [0, 0.1) is 0 Å². The van der Waals surface area contributed by atoms with Gasteiger partial charge in [0.25, 0.3) is 0 Å². The largest absolute Gasteiger partial charge is 0.465 e. The molecule has 1 unspecified atom stereocenters. The van der Waals surface area contributed by atoms with Gasteiger partial charge in [0, 0.05) is 18.2 Å². The van der Waals surface area contributed by atoms with Gasteiger partial charge in [-0.3, -0.25) is 0 Å². The molecule has 1 aliphatic rings. The Morgan fingerprint density at radius 2 is 2.19 bits per heavy atom. The Morgan fingerprint density at radius 1 is 1.44 bits per heavy atom. The highest BCUT2D eigenvalue weighted by Gasteiger charge is 2.20. The third-order valence-corrected chi connectivity index (χ3v) is 2.79. The number of hydrogen-bond acceptors (Lipinski definition) is 2. The fraction of sp³-hybridized carbons (Fsp3) is 0.273. The minimum atomic E-state index is -1.01. The number of anilines is 1. The molecule has 3 N–H and O–H groups in total. The smallest absolute Gasteiger partial charge is 0.404 e. The SMILES string of the molecule is O=C(O)NC1CC(=S)Nc2ccccc2C1. The Balaban J connectivity index is 2.23. The average molecular weight is 236 g/mol. The molecule has 0 saturated carbocycles. The highest BCUT2D eigenvalue weighted by Crippen LogP contribution is 2.22. The van der Waals surface area contributed by atoms with E-state index in [1.807, 2.05) is 24.3 Å². The Morgan fingerprint density at radius 3 is 2.94 bits per heavy atom. The van der Waals surface area contributed by atoms with E-state index in [0.29, 0.717) is 17.8 Å². The van der Waals surface area contributed by atoms with Crippen LogP contribution < -0.4 is 10.6 Å². The van der Waals surface area contributed by atoms with Gasteiger partial charge in [-0.15, -0.1) is 0 Å². The van der Waals surface area contributed by atoms with Crippen LogP contribution in [-0.2, 0) is 6.42 Å². The molecule has 1 aromatic carbocycles. The molecule has 16 heavy (non-hydrogen) atoms. The zero-order valence-corrected chi connectivity index (χ0v) is 9.38. The first-order valence-corrected chi connectivity index (χ1v) is 5.43. The number of amides is 1. The van der Waals surface area contributed by atoms with Gasteiger partial charge in [-0.25, -0.2) is 4.79 Å². The standard InChI is InChI=1S/C11H12N2O2S/c14-11(15)12-8-5-7-3-1-2-4-9(7)13-10(16)6-8/h1-4,8,12H,5-6H2,(H,13,16)(H,14,15). The van der Waals surface area contributed by atoms with Crippen molar-refractivity contribution in [3.63, 3.8) is 0 Å². The summed E-state index contributed by atoms with van der Waals surface area (Å²) in [6.07, 6.45) is 0.193. The van der Waals surface area contributed by atoms with Crippen molar-refractivity contribution in [2.45, 2.75) is 18.9 Å². The Kier molecular flexibility index (Phi) is 3.05. The Bertz CT molecular complexity index is 434. The van der Waals surface area contributed by atoms with Gasteiger partial charge in [0.15, 0.2) is 0 Å². The van der Waals surface area contributed by atoms with Crippen molar-refractivity contribution in [2.24, 2.45) is 0 Å². The van der Waals surface area contributed by atoms with Crippen LogP contribution >= 0.6 is 12.2 Å². The van der Waals surface area contributed by atoms with E-state index >= 15 is 0 Å². The van der Waals surface area contributed by atoms with Crippen LogP contribution in [0.25, 0.3) is 0 Å². The lowest BCUT2D eigenvalue weighted by Gasteiger charge is -2.13. The molecule has 1 atom stereocenters. The number of para-hydroxylation sites is 1. The molecule has 4 nitrogen and oxygen atoms in total. The molecule has 0 fully saturated rings. The van der Waals surface area contributed by atoms with E-state index in [4.69, 9.17) is 17.3 Å². The maximum absolute atomic E-state index is 10.6. The molecule has 0 radical (unpaired) electrons. The fourth-order valence-corrected chi connectivity index (χ4v) is 2.17. The normalized spacial score (nSPS) is 19.2. The number of nitrogens with one attached hydrogen (secondary N) is 2. The van der Waals surface area contributed by atoms with E-state index in [-0.39, 0.29) is 6.04 Å². The van der Waals surface area contributed by atoms with E-state index in [0.717, 1.165) is 11.3 Å².